The lowest BCUT2D eigenvalue weighted by Crippen LogP contribution is -2.40. The van der Waals surface area contributed by atoms with Gasteiger partial charge in [0.1, 0.15) is 46.0 Å². The molecule has 8 bridgehead atoms. The highest BCUT2D eigenvalue weighted by atomic mass is 16.5. The summed E-state index contributed by atoms with van der Waals surface area (Å²) >= 11 is 0. The number of carbonyl (C=O) groups excluding carboxylic acids is 8. The molecule has 0 saturated carbocycles. The van der Waals surface area contributed by atoms with Crippen LogP contribution in [0, 0.1) is 0 Å². The number of nitrogens with one attached hydrogen (secondary N) is 8. The van der Waals surface area contributed by atoms with Gasteiger partial charge in [0.05, 0.1) is 101 Å². The van der Waals surface area contributed by atoms with Crippen LogP contribution in [0.3, 0.4) is 0 Å². The Morgan fingerprint density at radius 3 is 0.439 bits per heavy atom. The van der Waals surface area contributed by atoms with E-state index in [4.69, 9.17) is 37.9 Å². The molecule has 8 amide bonds. The molecule has 132 heavy (non-hydrogen) atoms. The molecule has 32 nitrogen and oxygen atoms in total. The van der Waals surface area contributed by atoms with Gasteiger partial charge < -0.3 is 121 Å². The van der Waals surface area contributed by atoms with Crippen LogP contribution in [0.2, 0.25) is 0 Å². The molecule has 8 atom stereocenters. The number of hydrogen-bond acceptors (Lipinski definition) is 24. The number of aliphatic hydroxyl groups is 8. The summed E-state index contributed by atoms with van der Waals surface area (Å²) in [5.41, 5.74) is 3.38. The highest BCUT2D eigenvalue weighted by Gasteiger charge is 2.39. The minimum Gasteiger partial charge on any atom is -0.483 e. The fraction of sp³-hybridized carbons (Fsp3) is 0.440. The first-order valence-electron chi connectivity index (χ1n) is 45.2. The van der Waals surface area contributed by atoms with E-state index in [0.29, 0.717) is 73.6 Å². The molecule has 0 aliphatic heterocycles. The first kappa shape index (κ1) is 103. The van der Waals surface area contributed by atoms with E-state index in [9.17, 15) is 79.2 Å². The Bertz CT molecular complexity index is 4170. The zero-order valence-electron chi connectivity index (χ0n) is 76.2. The monoisotopic (exact) mass is 1820 g/mol. The highest BCUT2D eigenvalue weighted by molar-refractivity contribution is 5.83. The van der Waals surface area contributed by atoms with Crippen molar-refractivity contribution >= 4 is 47.3 Å². The minimum atomic E-state index is -1.31. The fourth-order valence-corrected chi connectivity index (χ4v) is 15.4. The Balaban J connectivity index is 1.64. The van der Waals surface area contributed by atoms with Crippen LogP contribution in [0.4, 0.5) is 0 Å². The zero-order valence-corrected chi connectivity index (χ0v) is 76.2. The number of benzene rings is 8. The number of ether oxygens (including phenoxy) is 8. The molecule has 0 radical (unpaired) electrons. The third kappa shape index (κ3) is 28.8. The topological polar surface area (TPSA) is 468 Å². The van der Waals surface area contributed by atoms with Crippen molar-refractivity contribution in [1.29, 1.82) is 0 Å². The van der Waals surface area contributed by atoms with E-state index < -0.39 is 225 Å². The van der Waals surface area contributed by atoms with Crippen LogP contribution >= 0.6 is 0 Å². The van der Waals surface area contributed by atoms with Crippen molar-refractivity contribution in [2.45, 2.75) is 179 Å². The molecule has 9 rings (SSSR count). The SMILES string of the molecule is CCC(CO)NC(=O)COc1cc(OCC(=O)NC(CC)CO)c2cc1C(c1ccccc1)c1cc(c(OCC(=O)NC(CC)CO)cc1OCC(=O)NC(CC)CO)C(c1ccccc1)c1cc(c(OCC(=O)NC(CC)CO)cc1OCC(=O)NC(CC)CO)C(c1ccccc1)c1cc(c(OCC(=O)NC(CC)CO)cc1OCC(=O)NC(CC)CO)C2c1ccccc1. The van der Waals surface area contributed by atoms with Crippen molar-refractivity contribution in [2.75, 3.05) is 106 Å². The molecule has 0 saturated heterocycles. The maximum Gasteiger partial charge on any atom is 0.258 e. The summed E-state index contributed by atoms with van der Waals surface area (Å²) in [5, 5.41) is 107. The van der Waals surface area contributed by atoms with E-state index in [2.05, 4.69) is 42.5 Å². The molecule has 0 fully saturated rings. The number of aliphatic hydroxyl groups excluding tert-OH is 8. The van der Waals surface area contributed by atoms with Crippen molar-refractivity contribution in [1.82, 2.24) is 42.5 Å². The van der Waals surface area contributed by atoms with Crippen LogP contribution < -0.4 is 80.4 Å². The van der Waals surface area contributed by atoms with Gasteiger partial charge in [-0.1, -0.05) is 177 Å². The summed E-state index contributed by atoms with van der Waals surface area (Å²) in [6, 6.07) is 42.9. The molecule has 0 aromatic heterocycles. The maximum absolute atomic E-state index is 14.7. The van der Waals surface area contributed by atoms with Gasteiger partial charge in [-0.25, -0.2) is 0 Å². The number of hydrogen-bond donors (Lipinski definition) is 16. The second-order valence-electron chi connectivity index (χ2n) is 32.2. The Morgan fingerprint density at radius 1 is 0.212 bits per heavy atom. The third-order valence-electron chi connectivity index (χ3n) is 23.1. The van der Waals surface area contributed by atoms with Gasteiger partial charge in [-0.05, 0) is 97.9 Å². The van der Waals surface area contributed by atoms with E-state index >= 15 is 0 Å². The fourth-order valence-electron chi connectivity index (χ4n) is 15.4. The van der Waals surface area contributed by atoms with Crippen molar-refractivity contribution in [3.63, 3.8) is 0 Å². The third-order valence-corrected chi connectivity index (χ3v) is 23.1. The van der Waals surface area contributed by atoms with Crippen LogP contribution in [-0.4, -0.2) is 242 Å². The van der Waals surface area contributed by atoms with Crippen molar-refractivity contribution < 1.29 is 117 Å². The lowest BCUT2D eigenvalue weighted by molar-refractivity contribution is -0.125. The van der Waals surface area contributed by atoms with E-state index in [1.807, 2.05) is 48.5 Å². The van der Waals surface area contributed by atoms with E-state index in [1.54, 1.807) is 152 Å². The van der Waals surface area contributed by atoms with E-state index in [0.717, 1.165) is 0 Å². The van der Waals surface area contributed by atoms with Crippen LogP contribution in [0.25, 0.3) is 0 Å². The summed E-state index contributed by atoms with van der Waals surface area (Å²) in [7, 11) is 0. The van der Waals surface area contributed by atoms with Crippen LogP contribution in [0.15, 0.2) is 170 Å². The summed E-state index contributed by atoms with van der Waals surface area (Å²) in [6.07, 6.45) is 2.46. The second kappa shape index (κ2) is 53.2. The number of fused-ring (bicyclic) bond motifs is 8. The van der Waals surface area contributed by atoms with Gasteiger partial charge in [0, 0.05) is 92.4 Å². The van der Waals surface area contributed by atoms with Gasteiger partial charge >= 0.3 is 0 Å². The summed E-state index contributed by atoms with van der Waals surface area (Å²) in [4.78, 5) is 118. The van der Waals surface area contributed by atoms with Crippen molar-refractivity contribution in [3.05, 3.63) is 237 Å². The second-order valence-corrected chi connectivity index (χ2v) is 32.2. The maximum atomic E-state index is 14.7. The van der Waals surface area contributed by atoms with Gasteiger partial charge in [0.25, 0.3) is 47.3 Å². The van der Waals surface area contributed by atoms with Gasteiger partial charge in [-0.2, -0.15) is 0 Å². The van der Waals surface area contributed by atoms with Crippen LogP contribution in [0.5, 0.6) is 46.0 Å². The Kier molecular flexibility index (Phi) is 41.6. The van der Waals surface area contributed by atoms with Gasteiger partial charge in [0.2, 0.25) is 0 Å². The van der Waals surface area contributed by atoms with Crippen molar-refractivity contribution in [3.8, 4) is 46.0 Å². The predicted octanol–water partition coefficient (Wildman–Crippen LogP) is 6.85. The molecule has 32 heteroatoms. The Morgan fingerprint density at radius 2 is 0.333 bits per heavy atom. The van der Waals surface area contributed by atoms with E-state index in [-0.39, 0.29) is 90.5 Å². The average Bonchev–Trinajstić information content (AvgIpc) is 0.732. The lowest BCUT2D eigenvalue weighted by Gasteiger charge is -2.33. The highest BCUT2D eigenvalue weighted by Crippen LogP contribution is 2.55. The van der Waals surface area contributed by atoms with Crippen molar-refractivity contribution in [2.24, 2.45) is 0 Å². The molecular formula is C100H128N8O24. The average molecular weight is 1830 g/mol. The largest absolute Gasteiger partial charge is 0.483 e. The zero-order chi connectivity index (χ0) is 95.2. The Hall–Kier alpha value is -12.4. The lowest BCUT2D eigenvalue weighted by atomic mass is 9.75. The quantitative estimate of drug-likeness (QED) is 0.0185. The standard InChI is InChI=1S/C100H128N8O24/c1-9-65(45-109)101-89(117)53-125-81-41-82(126-54-90(118)102-66(10-2)46-110)74-37-73(81)97(61-29-21-17-22-30-61)75-38-76(84(128-56-92(120)104-68(12-4)48-112)42-83(75)127-55-91(119)103-67(11-3)47-111)99(63-33-25-19-26-34-63)79-40-80(88(132-60-96(124)108-72(16-8)52-116)44-87(79)131-59-95(123)107-71(15-7)51-115)100(64-35-27-20-28-36-64)78-39-77(98(74)62-31-23-18-24-32-62)85(129-57-93(121)105-69(13-5)49-113)43-86(78)130-58-94(122)106-70(14-6)50-114/h17-44,65-72,97-100,109-116H,9-16,45-60H2,1-8H3,(H,101,117)(H,102,118)(H,103,119)(H,104,120)(H,105,121)(H,106,122)(H,107,123)(H,108,124). The minimum absolute atomic E-state index is 0.0910. The number of rotatable bonds is 52. The molecule has 0 heterocycles. The first-order chi connectivity index (χ1) is 64.0. The molecule has 8 aromatic rings. The normalized spacial score (nSPS) is 15.7. The summed E-state index contributed by atoms with van der Waals surface area (Å²) in [6.45, 7) is 4.70. The Labute approximate surface area is 770 Å². The summed E-state index contributed by atoms with van der Waals surface area (Å²) in [5.74, 6) is -11.5. The molecule has 1 aliphatic carbocycles. The smallest absolute Gasteiger partial charge is 0.258 e. The molecule has 8 aromatic carbocycles. The number of carbonyl (C=O) groups is 8. The predicted molar refractivity (Wildman–Crippen MR) is 494 cm³/mol. The van der Waals surface area contributed by atoms with Gasteiger partial charge in [-0.15, -0.1) is 0 Å². The van der Waals surface area contributed by atoms with Gasteiger partial charge in [-0.3, -0.25) is 38.4 Å². The van der Waals surface area contributed by atoms with Crippen LogP contribution in [-0.2, 0) is 38.4 Å². The number of amides is 8. The molecular weight excluding hydrogens is 1700 g/mol. The first-order valence-corrected chi connectivity index (χ1v) is 45.2. The molecule has 16 N–H and O–H groups in total. The molecule has 1 aliphatic rings. The van der Waals surface area contributed by atoms with E-state index in [1.165, 1.54) is 24.3 Å². The van der Waals surface area contributed by atoms with Crippen LogP contribution in [0.1, 0.15) is 197 Å². The summed E-state index contributed by atoms with van der Waals surface area (Å²) < 4.78 is 55.9. The molecule has 712 valence electrons. The molecule has 0 spiro atoms. The molecule has 8 unspecified atom stereocenters. The van der Waals surface area contributed by atoms with Gasteiger partial charge in [0.15, 0.2) is 52.9 Å².